The zero-order valence-corrected chi connectivity index (χ0v) is 7.63. The second-order valence-corrected chi connectivity index (χ2v) is 3.08. The highest BCUT2D eigenvalue weighted by Crippen LogP contribution is 2.31. The van der Waals surface area contributed by atoms with Gasteiger partial charge < -0.3 is 4.74 Å². The van der Waals surface area contributed by atoms with Gasteiger partial charge in [0.25, 0.3) is 0 Å². The van der Waals surface area contributed by atoms with Crippen LogP contribution in [0.25, 0.3) is 0 Å². The van der Waals surface area contributed by atoms with Crippen molar-refractivity contribution < 1.29 is 9.53 Å². The maximum Gasteiger partial charge on any atom is 0.231 e. The van der Waals surface area contributed by atoms with E-state index in [4.69, 9.17) is 4.74 Å². The zero-order chi connectivity index (χ0) is 9.42. The number of hydrogen-bond acceptors (Lipinski definition) is 2. The van der Waals surface area contributed by atoms with Gasteiger partial charge in [-0.1, -0.05) is 11.6 Å². The van der Waals surface area contributed by atoms with E-state index < -0.39 is 0 Å². The fraction of sp³-hybridized carbons (Fsp3) is 0.182. The quantitative estimate of drug-likeness (QED) is 0.565. The Morgan fingerprint density at radius 2 is 2.15 bits per heavy atom. The molecule has 2 heteroatoms. The lowest BCUT2D eigenvalue weighted by molar-refractivity contribution is 0.101. The van der Waals surface area contributed by atoms with Crippen LogP contribution < -0.4 is 4.74 Å². The lowest BCUT2D eigenvalue weighted by atomic mass is 10.1. The van der Waals surface area contributed by atoms with Gasteiger partial charge in [-0.05, 0) is 32.1 Å². The van der Waals surface area contributed by atoms with Crippen molar-refractivity contribution in [2.75, 3.05) is 0 Å². The summed E-state index contributed by atoms with van der Waals surface area (Å²) in [6.45, 7) is 3.76. The number of rotatable bonds is 0. The van der Waals surface area contributed by atoms with Gasteiger partial charge in [0.2, 0.25) is 5.78 Å². The standard InChI is InChI=1S/C11H10O2/c1-3-9-11(12)8-6-7(2)4-5-10(8)13-9/h3-6H,1-2H3/b9-3-. The summed E-state index contributed by atoms with van der Waals surface area (Å²) < 4.78 is 5.33. The fourth-order valence-electron chi connectivity index (χ4n) is 1.40. The molecule has 1 aliphatic heterocycles. The van der Waals surface area contributed by atoms with E-state index in [1.165, 1.54) is 0 Å². The molecule has 13 heavy (non-hydrogen) atoms. The molecule has 0 N–H and O–H groups in total. The number of Topliss-reactive ketones (excluding diaryl/α,β-unsaturated/α-hetero) is 1. The molecule has 1 heterocycles. The van der Waals surface area contributed by atoms with Crippen LogP contribution in [0.5, 0.6) is 5.75 Å². The average molecular weight is 174 g/mol. The molecule has 1 aromatic rings. The SMILES string of the molecule is C/C=C1\Oc2ccc(C)cc2C1=O. The van der Waals surface area contributed by atoms with Crippen molar-refractivity contribution in [2.45, 2.75) is 13.8 Å². The first-order valence-electron chi connectivity index (χ1n) is 4.22. The van der Waals surface area contributed by atoms with Gasteiger partial charge in [0.15, 0.2) is 5.76 Å². The fourth-order valence-corrected chi connectivity index (χ4v) is 1.40. The Kier molecular flexibility index (Phi) is 1.69. The number of allylic oxidation sites excluding steroid dienone is 2. The molecule has 0 aliphatic carbocycles. The summed E-state index contributed by atoms with van der Waals surface area (Å²) in [5.41, 5.74) is 1.75. The first-order chi connectivity index (χ1) is 6.22. The molecule has 1 aliphatic rings. The summed E-state index contributed by atoms with van der Waals surface area (Å²) in [5.74, 6) is 1.09. The van der Waals surface area contributed by atoms with Crippen molar-refractivity contribution in [1.29, 1.82) is 0 Å². The third-order valence-electron chi connectivity index (χ3n) is 2.09. The highest BCUT2D eigenvalue weighted by atomic mass is 16.5. The van der Waals surface area contributed by atoms with Gasteiger partial charge in [-0.2, -0.15) is 0 Å². The van der Waals surface area contributed by atoms with Crippen molar-refractivity contribution in [1.82, 2.24) is 0 Å². The van der Waals surface area contributed by atoms with E-state index in [2.05, 4.69) is 0 Å². The number of carbonyl (C=O) groups is 1. The highest BCUT2D eigenvalue weighted by Gasteiger charge is 2.25. The summed E-state index contributed by atoms with van der Waals surface area (Å²) in [5, 5.41) is 0. The largest absolute Gasteiger partial charge is 0.453 e. The van der Waals surface area contributed by atoms with Crippen LogP contribution in [0.15, 0.2) is 30.0 Å². The van der Waals surface area contributed by atoms with Gasteiger partial charge in [-0.25, -0.2) is 0 Å². The van der Waals surface area contributed by atoms with Crippen LogP contribution in [0.2, 0.25) is 0 Å². The van der Waals surface area contributed by atoms with Crippen LogP contribution in [-0.4, -0.2) is 5.78 Å². The van der Waals surface area contributed by atoms with E-state index in [1.54, 1.807) is 13.0 Å². The maximum atomic E-state index is 11.6. The average Bonchev–Trinajstić information content (AvgIpc) is 2.44. The van der Waals surface area contributed by atoms with E-state index in [1.807, 2.05) is 25.1 Å². The molecule has 0 aromatic heterocycles. The summed E-state index contributed by atoms with van der Waals surface area (Å²) >= 11 is 0. The second kappa shape index (κ2) is 2.73. The van der Waals surface area contributed by atoms with Crippen molar-refractivity contribution in [3.8, 4) is 5.75 Å². The minimum absolute atomic E-state index is 0.0128. The predicted octanol–water partition coefficient (Wildman–Crippen LogP) is 2.47. The summed E-state index contributed by atoms with van der Waals surface area (Å²) in [6.07, 6.45) is 1.69. The number of ether oxygens (including phenoxy) is 1. The van der Waals surface area contributed by atoms with Crippen LogP contribution in [0.4, 0.5) is 0 Å². The molecule has 0 saturated heterocycles. The molecule has 2 rings (SSSR count). The Bertz CT molecular complexity index is 403. The number of fused-ring (bicyclic) bond motifs is 1. The third-order valence-corrected chi connectivity index (χ3v) is 2.09. The van der Waals surface area contributed by atoms with Crippen LogP contribution in [0, 0.1) is 6.92 Å². The van der Waals surface area contributed by atoms with Gasteiger partial charge in [-0.15, -0.1) is 0 Å². The Morgan fingerprint density at radius 1 is 1.38 bits per heavy atom. The molecule has 66 valence electrons. The van der Waals surface area contributed by atoms with Crippen molar-refractivity contribution >= 4 is 5.78 Å². The van der Waals surface area contributed by atoms with Crippen LogP contribution in [0.1, 0.15) is 22.8 Å². The predicted molar refractivity (Wildman–Crippen MR) is 49.9 cm³/mol. The molecular weight excluding hydrogens is 164 g/mol. The number of aryl methyl sites for hydroxylation is 1. The Labute approximate surface area is 76.8 Å². The second-order valence-electron chi connectivity index (χ2n) is 3.08. The van der Waals surface area contributed by atoms with E-state index in [9.17, 15) is 4.79 Å². The topological polar surface area (TPSA) is 26.3 Å². The number of ketones is 1. The summed E-state index contributed by atoms with van der Waals surface area (Å²) in [4.78, 5) is 11.6. The lowest BCUT2D eigenvalue weighted by Crippen LogP contribution is -1.97. The molecule has 0 spiro atoms. The van der Waals surface area contributed by atoms with Gasteiger partial charge in [0.05, 0.1) is 5.56 Å². The molecule has 0 amide bonds. The molecule has 0 saturated carbocycles. The van der Waals surface area contributed by atoms with Gasteiger partial charge in [0.1, 0.15) is 5.75 Å². The third kappa shape index (κ3) is 1.15. The molecule has 1 aromatic carbocycles. The monoisotopic (exact) mass is 174 g/mol. The summed E-state index contributed by atoms with van der Waals surface area (Å²) in [7, 11) is 0. The van der Waals surface area contributed by atoms with Gasteiger partial charge >= 0.3 is 0 Å². The van der Waals surface area contributed by atoms with Crippen molar-refractivity contribution in [3.05, 3.63) is 41.2 Å². The number of benzene rings is 1. The summed E-state index contributed by atoms with van der Waals surface area (Å²) in [6, 6.07) is 5.62. The van der Waals surface area contributed by atoms with E-state index in [-0.39, 0.29) is 5.78 Å². The Hall–Kier alpha value is -1.57. The van der Waals surface area contributed by atoms with E-state index in [0.29, 0.717) is 17.1 Å². The molecule has 0 radical (unpaired) electrons. The van der Waals surface area contributed by atoms with Gasteiger partial charge in [-0.3, -0.25) is 4.79 Å². The smallest absolute Gasteiger partial charge is 0.231 e. The normalized spacial score (nSPS) is 17.4. The molecular formula is C11H10O2. The molecule has 0 fully saturated rings. The minimum Gasteiger partial charge on any atom is -0.453 e. The minimum atomic E-state index is -0.0128. The van der Waals surface area contributed by atoms with Gasteiger partial charge in [0, 0.05) is 0 Å². The van der Waals surface area contributed by atoms with E-state index in [0.717, 1.165) is 5.56 Å². The number of carbonyl (C=O) groups excluding carboxylic acids is 1. The van der Waals surface area contributed by atoms with Crippen LogP contribution in [-0.2, 0) is 0 Å². The number of hydrogen-bond donors (Lipinski definition) is 0. The molecule has 0 bridgehead atoms. The van der Waals surface area contributed by atoms with Crippen molar-refractivity contribution in [2.24, 2.45) is 0 Å². The Morgan fingerprint density at radius 3 is 2.85 bits per heavy atom. The first kappa shape index (κ1) is 8.05. The lowest BCUT2D eigenvalue weighted by Gasteiger charge is -1.96. The van der Waals surface area contributed by atoms with Crippen LogP contribution in [0.3, 0.4) is 0 Å². The van der Waals surface area contributed by atoms with Crippen LogP contribution >= 0.6 is 0 Å². The molecule has 2 nitrogen and oxygen atoms in total. The molecule has 0 atom stereocenters. The van der Waals surface area contributed by atoms with Crippen molar-refractivity contribution in [3.63, 3.8) is 0 Å². The maximum absolute atomic E-state index is 11.6. The van der Waals surface area contributed by atoms with E-state index >= 15 is 0 Å². The molecule has 0 unspecified atom stereocenters. The zero-order valence-electron chi connectivity index (χ0n) is 7.63. The highest BCUT2D eigenvalue weighted by molar-refractivity contribution is 6.12. The Balaban J connectivity index is 2.57. The first-order valence-corrected chi connectivity index (χ1v) is 4.22.